The lowest BCUT2D eigenvalue weighted by Gasteiger charge is -2.34. The molecule has 0 amide bonds. The van der Waals surface area contributed by atoms with Gasteiger partial charge in [0.25, 0.3) is 0 Å². The Kier molecular flexibility index (Phi) is 4.53. The van der Waals surface area contributed by atoms with Gasteiger partial charge in [-0.25, -0.2) is 13.1 Å². The lowest BCUT2D eigenvalue weighted by Crippen LogP contribution is -2.44. The number of anilines is 1. The summed E-state index contributed by atoms with van der Waals surface area (Å²) in [6, 6.07) is 7.37. The summed E-state index contributed by atoms with van der Waals surface area (Å²) in [4.78, 5) is 2.09. The van der Waals surface area contributed by atoms with Crippen molar-refractivity contribution in [3.63, 3.8) is 0 Å². The average Bonchev–Trinajstić information content (AvgIpc) is 2.38. The van der Waals surface area contributed by atoms with E-state index in [0.29, 0.717) is 23.7 Å². The zero-order valence-electron chi connectivity index (χ0n) is 11.1. The van der Waals surface area contributed by atoms with Crippen LogP contribution in [0.1, 0.15) is 18.4 Å². The molecule has 1 aliphatic rings. The van der Waals surface area contributed by atoms with Gasteiger partial charge in [0.2, 0.25) is 10.0 Å². The largest absolute Gasteiger partial charge is 0.370 e. The second-order valence-electron chi connectivity index (χ2n) is 4.92. The van der Waals surface area contributed by atoms with Crippen LogP contribution < -0.4 is 9.62 Å². The van der Waals surface area contributed by atoms with Crippen molar-refractivity contribution < 1.29 is 8.42 Å². The fraction of sp³-hybridized carbons (Fsp3) is 0.462. The molecular weight excluding hydrogens is 298 g/mol. The molecule has 1 fully saturated rings. The second kappa shape index (κ2) is 6.00. The van der Waals surface area contributed by atoms with E-state index in [-0.39, 0.29) is 6.04 Å². The third-order valence-electron chi connectivity index (χ3n) is 3.30. The Labute approximate surface area is 124 Å². The highest BCUT2D eigenvalue weighted by Gasteiger charge is 2.23. The number of rotatable bonds is 3. The van der Waals surface area contributed by atoms with Crippen LogP contribution >= 0.6 is 11.6 Å². The molecule has 0 aromatic heterocycles. The van der Waals surface area contributed by atoms with Gasteiger partial charge in [-0.3, -0.25) is 0 Å². The number of nitrogens with one attached hydrogen (secondary N) is 1. The molecule has 1 aliphatic heterocycles. The monoisotopic (exact) mass is 313 g/mol. The van der Waals surface area contributed by atoms with Gasteiger partial charge < -0.3 is 4.90 Å². The predicted molar refractivity (Wildman–Crippen MR) is 79.4 cm³/mol. The van der Waals surface area contributed by atoms with Crippen LogP contribution in [0.4, 0.5) is 5.69 Å². The van der Waals surface area contributed by atoms with Crippen molar-refractivity contribution >= 4 is 27.3 Å². The molecule has 1 N–H and O–H groups in total. The molecule has 0 spiro atoms. The van der Waals surface area contributed by atoms with Crippen LogP contribution in [0, 0.1) is 11.3 Å². The van der Waals surface area contributed by atoms with E-state index in [1.54, 1.807) is 12.1 Å². The van der Waals surface area contributed by atoms with E-state index >= 15 is 0 Å². The number of halogens is 1. The standard InChI is InChI=1S/C13H16ClN3O2S/c1-20(18,19)16-12-4-6-17(7-5-12)13-3-2-11(14)8-10(13)9-15/h2-3,8,12,16H,4-7H2,1H3. The second-order valence-corrected chi connectivity index (χ2v) is 7.14. The van der Waals surface area contributed by atoms with Gasteiger partial charge in [-0.15, -0.1) is 0 Å². The van der Waals surface area contributed by atoms with Gasteiger partial charge in [-0.05, 0) is 31.0 Å². The average molecular weight is 314 g/mol. The van der Waals surface area contributed by atoms with E-state index in [4.69, 9.17) is 16.9 Å². The van der Waals surface area contributed by atoms with E-state index in [0.717, 1.165) is 18.5 Å². The molecule has 2 rings (SSSR count). The topological polar surface area (TPSA) is 73.2 Å². The molecule has 0 bridgehead atoms. The van der Waals surface area contributed by atoms with Crippen molar-refractivity contribution in [2.24, 2.45) is 0 Å². The molecule has 0 radical (unpaired) electrons. The fourth-order valence-corrected chi connectivity index (χ4v) is 3.43. The molecule has 1 aromatic rings. The maximum absolute atomic E-state index is 11.2. The first-order valence-electron chi connectivity index (χ1n) is 6.31. The van der Waals surface area contributed by atoms with Gasteiger partial charge in [-0.1, -0.05) is 11.6 Å². The molecule has 5 nitrogen and oxygen atoms in total. The van der Waals surface area contributed by atoms with Crippen molar-refractivity contribution in [3.8, 4) is 6.07 Å². The van der Waals surface area contributed by atoms with Crippen molar-refractivity contribution in [1.29, 1.82) is 5.26 Å². The molecule has 1 saturated heterocycles. The maximum Gasteiger partial charge on any atom is 0.208 e. The molecule has 108 valence electrons. The summed E-state index contributed by atoms with van der Waals surface area (Å²) in [5.41, 5.74) is 1.40. The molecule has 0 saturated carbocycles. The van der Waals surface area contributed by atoms with E-state index in [9.17, 15) is 8.42 Å². The number of nitriles is 1. The lowest BCUT2D eigenvalue weighted by molar-refractivity contribution is 0.461. The molecule has 20 heavy (non-hydrogen) atoms. The van der Waals surface area contributed by atoms with Crippen LogP contribution in [0.5, 0.6) is 0 Å². The van der Waals surface area contributed by atoms with E-state index in [1.165, 1.54) is 6.26 Å². The Hall–Kier alpha value is -1.29. The van der Waals surface area contributed by atoms with E-state index < -0.39 is 10.0 Å². The van der Waals surface area contributed by atoms with Crippen LogP contribution in [0.25, 0.3) is 0 Å². The van der Waals surface area contributed by atoms with Crippen LogP contribution in [0.2, 0.25) is 5.02 Å². The quantitative estimate of drug-likeness (QED) is 0.922. The van der Waals surface area contributed by atoms with Gasteiger partial charge in [0.15, 0.2) is 0 Å². The molecule has 0 unspecified atom stereocenters. The summed E-state index contributed by atoms with van der Waals surface area (Å²) < 4.78 is 25.0. The smallest absolute Gasteiger partial charge is 0.208 e. The van der Waals surface area contributed by atoms with Crippen molar-refractivity contribution in [1.82, 2.24) is 4.72 Å². The van der Waals surface area contributed by atoms with E-state index in [1.807, 2.05) is 6.07 Å². The Bertz CT molecular complexity index is 632. The summed E-state index contributed by atoms with van der Waals surface area (Å²) in [5, 5.41) is 9.69. The predicted octanol–water partition coefficient (Wildman–Crippen LogP) is 1.73. The summed E-state index contributed by atoms with van der Waals surface area (Å²) in [7, 11) is -3.16. The SMILES string of the molecule is CS(=O)(=O)NC1CCN(c2ccc(Cl)cc2C#N)CC1. The van der Waals surface area contributed by atoms with Crippen molar-refractivity contribution in [3.05, 3.63) is 28.8 Å². The van der Waals surface area contributed by atoms with Gasteiger partial charge in [0.05, 0.1) is 17.5 Å². The summed E-state index contributed by atoms with van der Waals surface area (Å²) >= 11 is 5.88. The molecule has 0 atom stereocenters. The highest BCUT2D eigenvalue weighted by atomic mass is 35.5. The highest BCUT2D eigenvalue weighted by Crippen LogP contribution is 2.26. The minimum Gasteiger partial charge on any atom is -0.370 e. The van der Waals surface area contributed by atoms with Crippen LogP contribution in [-0.2, 0) is 10.0 Å². The van der Waals surface area contributed by atoms with Gasteiger partial charge >= 0.3 is 0 Å². The molecule has 7 heteroatoms. The van der Waals surface area contributed by atoms with Crippen molar-refractivity contribution in [2.75, 3.05) is 24.2 Å². The summed E-state index contributed by atoms with van der Waals surface area (Å²) in [5.74, 6) is 0. The molecule has 1 aromatic carbocycles. The normalized spacial score (nSPS) is 16.9. The Balaban J connectivity index is 2.06. The number of nitrogens with zero attached hydrogens (tertiary/aromatic N) is 2. The number of sulfonamides is 1. The minimum absolute atomic E-state index is 0.0286. The van der Waals surface area contributed by atoms with Gasteiger partial charge in [0, 0.05) is 24.2 Å². The molecule has 1 heterocycles. The third kappa shape index (κ3) is 3.85. The first kappa shape index (κ1) is 15.1. The maximum atomic E-state index is 11.2. The van der Waals surface area contributed by atoms with Gasteiger partial charge in [-0.2, -0.15) is 5.26 Å². The zero-order valence-corrected chi connectivity index (χ0v) is 12.7. The number of benzene rings is 1. The molecular formula is C13H16ClN3O2S. The molecule has 0 aliphatic carbocycles. The highest BCUT2D eigenvalue weighted by molar-refractivity contribution is 7.88. The first-order valence-corrected chi connectivity index (χ1v) is 8.58. The lowest BCUT2D eigenvalue weighted by atomic mass is 10.0. The summed E-state index contributed by atoms with van der Waals surface area (Å²) in [6.45, 7) is 1.42. The van der Waals surface area contributed by atoms with Crippen molar-refractivity contribution in [2.45, 2.75) is 18.9 Å². The Morgan fingerprint density at radius 3 is 2.60 bits per heavy atom. The zero-order chi connectivity index (χ0) is 14.8. The number of hydrogen-bond acceptors (Lipinski definition) is 4. The van der Waals surface area contributed by atoms with Gasteiger partial charge in [0.1, 0.15) is 6.07 Å². The summed E-state index contributed by atoms with van der Waals surface area (Å²) in [6.07, 6.45) is 2.62. The Morgan fingerprint density at radius 1 is 1.40 bits per heavy atom. The Morgan fingerprint density at radius 2 is 2.05 bits per heavy atom. The van der Waals surface area contributed by atoms with Crippen LogP contribution in [0.15, 0.2) is 18.2 Å². The minimum atomic E-state index is -3.16. The van der Waals surface area contributed by atoms with Crippen LogP contribution in [-0.4, -0.2) is 33.8 Å². The van der Waals surface area contributed by atoms with Crippen LogP contribution in [0.3, 0.4) is 0 Å². The van der Waals surface area contributed by atoms with E-state index in [2.05, 4.69) is 15.7 Å². The third-order valence-corrected chi connectivity index (χ3v) is 4.29. The number of hydrogen-bond donors (Lipinski definition) is 1. The number of piperidine rings is 1. The fourth-order valence-electron chi connectivity index (χ4n) is 2.41. The first-order chi connectivity index (χ1) is 9.39.